The molecule has 3 unspecified atom stereocenters. The van der Waals surface area contributed by atoms with Crippen molar-refractivity contribution in [2.45, 2.75) is 49.2 Å². The van der Waals surface area contributed by atoms with E-state index in [0.717, 1.165) is 17.2 Å². The van der Waals surface area contributed by atoms with E-state index in [1.807, 2.05) is 0 Å². The number of hydrogen-bond acceptors (Lipinski definition) is 16. The maximum absolute atomic E-state index is 16.0. The molecule has 3 saturated heterocycles. The first-order chi connectivity index (χ1) is 21.3. The molecule has 3 fully saturated rings. The van der Waals surface area contributed by atoms with Crippen LogP contribution in [0.1, 0.15) is 12.5 Å². The first-order valence-electron chi connectivity index (χ1n) is 12.9. The Morgan fingerprint density at radius 3 is 2.24 bits per heavy atom. The number of anilines is 2. The van der Waals surface area contributed by atoms with Crippen molar-refractivity contribution in [3.05, 3.63) is 29.3 Å². The van der Waals surface area contributed by atoms with Gasteiger partial charge >= 0.3 is 6.72 Å². The molecular formula is C20H21BF2N10O9P2S. The van der Waals surface area contributed by atoms with Crippen LogP contribution >= 0.6 is 14.2 Å². The molecule has 3 aliphatic rings. The molecule has 7 rings (SSSR count). The average Bonchev–Trinajstić information content (AvgIpc) is 3.72. The van der Waals surface area contributed by atoms with Crippen molar-refractivity contribution in [1.29, 1.82) is 0 Å². The quantitative estimate of drug-likeness (QED) is 0.159. The zero-order valence-electron chi connectivity index (χ0n) is 22.4. The number of hydrogen-bond donors (Lipinski definition) is 4. The lowest BCUT2D eigenvalue weighted by atomic mass is 10.1. The second kappa shape index (κ2) is 11.1. The molecule has 0 aliphatic carbocycles. The van der Waals surface area contributed by atoms with Crippen LogP contribution < -0.4 is 17.0 Å². The Labute approximate surface area is 255 Å². The number of nitrogens with one attached hydrogen (secondary N) is 1. The summed E-state index contributed by atoms with van der Waals surface area (Å²) >= 11 is 5.13. The Morgan fingerprint density at radius 1 is 0.956 bits per heavy atom. The molecule has 0 bridgehead atoms. The molecule has 0 aromatic carbocycles. The number of aromatic amines is 1. The Balaban J connectivity index is 1.17. The van der Waals surface area contributed by atoms with Crippen LogP contribution in [0, 0.1) is 0 Å². The smallest absolute Gasteiger partial charge is 0.325 e. The lowest BCUT2D eigenvalue weighted by Crippen LogP contribution is -2.37. The van der Waals surface area contributed by atoms with E-state index < -0.39 is 82.2 Å². The van der Waals surface area contributed by atoms with Gasteiger partial charge in [0, 0.05) is 0 Å². The second-order valence-corrected chi connectivity index (χ2v) is 14.5. The minimum Gasteiger partial charge on any atom is -0.382 e. The first-order valence-corrected chi connectivity index (χ1v) is 17.1. The molecule has 4 aromatic rings. The third kappa shape index (κ3) is 5.45. The van der Waals surface area contributed by atoms with Gasteiger partial charge in [-0.05, 0) is 11.8 Å². The third-order valence-electron chi connectivity index (χ3n) is 7.26. The largest absolute Gasteiger partial charge is 0.382 e. The number of rotatable bonds is 2. The highest BCUT2D eigenvalue weighted by molar-refractivity contribution is 8.07. The fourth-order valence-corrected chi connectivity index (χ4v) is 7.71. The second-order valence-electron chi connectivity index (χ2n) is 10.1. The van der Waals surface area contributed by atoms with Gasteiger partial charge in [-0.3, -0.25) is 28.0 Å². The van der Waals surface area contributed by atoms with Crippen molar-refractivity contribution < 1.29 is 45.8 Å². The SMILES string of the molecule is [B][P@]1(=O)OC[C@H]2O[C@@H](n3cnc4c(N)ncnc43)[C@@H](F)C2OP(O)(=S)OC[C@H]2O[C@@H](n3cnc4c(=O)[nH]c(N)nc43)C(F)[C@H]2O1. The van der Waals surface area contributed by atoms with E-state index in [0.29, 0.717) is 0 Å². The Hall–Kier alpha value is -2.98. The fraction of sp³-hybridized carbons (Fsp3) is 0.500. The van der Waals surface area contributed by atoms with E-state index >= 15 is 8.78 Å². The van der Waals surface area contributed by atoms with Crippen LogP contribution in [-0.4, -0.2) is 101 Å². The van der Waals surface area contributed by atoms with Crippen molar-refractivity contribution in [2.75, 3.05) is 24.7 Å². The lowest BCUT2D eigenvalue weighted by molar-refractivity contribution is -0.0566. The number of nitrogens with two attached hydrogens (primary N) is 2. The first kappa shape index (κ1) is 30.7. The van der Waals surface area contributed by atoms with Crippen molar-refractivity contribution in [2.24, 2.45) is 0 Å². The summed E-state index contributed by atoms with van der Waals surface area (Å²) in [5.41, 5.74) is 10.8. The molecule has 10 atom stereocenters. The van der Waals surface area contributed by atoms with Gasteiger partial charge in [0.2, 0.25) is 13.5 Å². The van der Waals surface area contributed by atoms with E-state index in [1.165, 1.54) is 10.9 Å². The molecule has 6 N–H and O–H groups in total. The van der Waals surface area contributed by atoms with Crippen LogP contribution in [0.25, 0.3) is 22.3 Å². The zero-order chi connectivity index (χ0) is 31.8. The van der Waals surface area contributed by atoms with Gasteiger partial charge in [-0.2, -0.15) is 4.98 Å². The average molecular weight is 688 g/mol. The number of halogens is 2. The number of nitrogens with zero attached hydrogens (tertiary/aromatic N) is 7. The van der Waals surface area contributed by atoms with Crippen LogP contribution in [0.4, 0.5) is 20.5 Å². The van der Waals surface area contributed by atoms with Crippen molar-refractivity contribution in [1.82, 2.24) is 39.0 Å². The summed E-state index contributed by atoms with van der Waals surface area (Å²) in [5.74, 6) is -0.235. The molecular weight excluding hydrogens is 667 g/mol. The van der Waals surface area contributed by atoms with Crippen LogP contribution in [0.3, 0.4) is 0 Å². The van der Waals surface area contributed by atoms with E-state index in [9.17, 15) is 14.3 Å². The van der Waals surface area contributed by atoms with Gasteiger partial charge in [0.1, 0.15) is 36.3 Å². The predicted octanol–water partition coefficient (Wildman–Crippen LogP) is -0.0945. The lowest BCUT2D eigenvalue weighted by Gasteiger charge is -2.29. The van der Waals surface area contributed by atoms with Crippen molar-refractivity contribution in [3.63, 3.8) is 0 Å². The van der Waals surface area contributed by atoms with Crippen LogP contribution in [0.5, 0.6) is 0 Å². The van der Waals surface area contributed by atoms with Crippen LogP contribution in [-0.2, 0) is 43.9 Å². The molecule has 0 amide bonds. The maximum atomic E-state index is 16.0. The van der Waals surface area contributed by atoms with E-state index in [-0.39, 0.29) is 34.1 Å². The topological polar surface area (TPSA) is 252 Å². The summed E-state index contributed by atoms with van der Waals surface area (Å²) in [6.07, 6.45) is -9.99. The molecule has 2 radical (unpaired) electrons. The highest BCUT2D eigenvalue weighted by atomic mass is 32.5. The highest BCUT2D eigenvalue weighted by Crippen LogP contribution is 2.54. The standard InChI is InChI=1S/C20H21BF2N10O9P2S/c21-43(35)37-1-6-13(9(23)18(39-6)32-4-28-10-14(24)26-3-27-15(10)32)42-44(36,45)38-2-7-12(41-43)8(22)19(40-7)33-5-29-11-16(33)30-20(25)31-17(11)34/h3-9,12-13,18-19H,1-2H2,(H,36,45)(H2,24,26,27)(H3,25,30,31,34)/t6-,7-,8?,9+,12+,13?,18-,19-,43+,44?/m1/s1. The Kier molecular flexibility index (Phi) is 7.55. The van der Waals surface area contributed by atoms with E-state index in [4.69, 9.17) is 58.4 Å². The molecule has 45 heavy (non-hydrogen) atoms. The van der Waals surface area contributed by atoms with Gasteiger partial charge in [-0.1, -0.05) is 0 Å². The number of aromatic nitrogens is 8. The van der Waals surface area contributed by atoms with Crippen molar-refractivity contribution >= 4 is 67.7 Å². The molecule has 0 saturated carbocycles. The number of nitrogen functional groups attached to an aromatic ring is 2. The number of imidazole rings is 2. The van der Waals surface area contributed by atoms with Crippen molar-refractivity contribution in [3.8, 4) is 0 Å². The summed E-state index contributed by atoms with van der Waals surface area (Å²) in [6, 6.07) is 0. The maximum Gasteiger partial charge on any atom is 0.325 e. The Bertz CT molecular complexity index is 1950. The minimum atomic E-state index is -4.62. The number of fused-ring (bicyclic) bond motifs is 4. The van der Waals surface area contributed by atoms with E-state index in [1.54, 1.807) is 0 Å². The van der Waals surface area contributed by atoms with Gasteiger partial charge < -0.3 is 39.4 Å². The van der Waals surface area contributed by atoms with Gasteiger partial charge in [0.25, 0.3) is 13.0 Å². The van der Waals surface area contributed by atoms with Gasteiger partial charge in [-0.25, -0.2) is 28.7 Å². The summed E-state index contributed by atoms with van der Waals surface area (Å²) in [7, 11) is 1.19. The summed E-state index contributed by atoms with van der Waals surface area (Å²) in [5, 5.41) is 0. The van der Waals surface area contributed by atoms with Gasteiger partial charge in [0.15, 0.2) is 47.4 Å². The predicted molar refractivity (Wildman–Crippen MR) is 151 cm³/mol. The monoisotopic (exact) mass is 688 g/mol. The summed E-state index contributed by atoms with van der Waals surface area (Å²) < 4.78 is 80.7. The molecule has 7 heterocycles. The fourth-order valence-electron chi connectivity index (χ4n) is 5.27. The number of ether oxygens (including phenoxy) is 2. The molecule has 3 aliphatic heterocycles. The van der Waals surface area contributed by atoms with Crippen LogP contribution in [0.2, 0.25) is 0 Å². The summed E-state index contributed by atoms with van der Waals surface area (Å²) in [4.78, 5) is 45.3. The Morgan fingerprint density at radius 2 is 1.56 bits per heavy atom. The van der Waals surface area contributed by atoms with E-state index in [2.05, 4.69) is 29.9 Å². The summed E-state index contributed by atoms with van der Waals surface area (Å²) in [6.45, 7) is -5.72. The highest BCUT2D eigenvalue weighted by Gasteiger charge is 2.53. The molecule has 0 spiro atoms. The number of alkyl halides is 2. The number of H-pyrrole nitrogens is 1. The zero-order valence-corrected chi connectivity index (χ0v) is 25.0. The molecule has 238 valence electrons. The normalized spacial score (nSPS) is 37.7. The molecule has 25 heteroatoms. The molecule has 4 aromatic heterocycles. The van der Waals surface area contributed by atoms with Gasteiger partial charge in [-0.15, -0.1) is 0 Å². The third-order valence-corrected chi connectivity index (χ3v) is 9.87. The van der Waals surface area contributed by atoms with Gasteiger partial charge in [0.05, 0.1) is 25.9 Å². The van der Waals surface area contributed by atoms with Crippen LogP contribution in [0.15, 0.2) is 23.8 Å². The molecule has 19 nitrogen and oxygen atoms in total. The minimum absolute atomic E-state index is 0.0372.